The van der Waals surface area contributed by atoms with Crippen molar-refractivity contribution >= 4 is 11.9 Å². The molecule has 6 heteroatoms. The number of nitrogens with zero attached hydrogens (tertiary/aromatic N) is 2. The monoisotopic (exact) mass is 265 g/mol. The molecule has 19 heavy (non-hydrogen) atoms. The maximum atomic E-state index is 11.6. The van der Waals surface area contributed by atoms with Gasteiger partial charge in [-0.3, -0.25) is 9.78 Å². The molecule has 1 N–H and O–H groups in total. The summed E-state index contributed by atoms with van der Waals surface area (Å²) in [7, 11) is 0. The number of hydrogen-bond donors (Lipinski definition) is 1. The molecule has 1 rings (SSSR count). The van der Waals surface area contributed by atoms with Gasteiger partial charge in [0, 0.05) is 12.2 Å². The lowest BCUT2D eigenvalue weighted by Crippen LogP contribution is -2.35. The molecular formula is C13H19N3O3. The van der Waals surface area contributed by atoms with Gasteiger partial charge in [0.2, 0.25) is 0 Å². The van der Waals surface area contributed by atoms with Crippen LogP contribution in [0, 0.1) is 6.92 Å². The lowest BCUT2D eigenvalue weighted by Gasteiger charge is -2.12. The summed E-state index contributed by atoms with van der Waals surface area (Å²) in [6.07, 6.45) is 4.68. The third kappa shape index (κ3) is 5.46. The predicted molar refractivity (Wildman–Crippen MR) is 69.6 cm³/mol. The van der Waals surface area contributed by atoms with E-state index in [1.165, 1.54) is 12.4 Å². The zero-order valence-electron chi connectivity index (χ0n) is 11.5. The Kier molecular flexibility index (Phi) is 5.92. The Morgan fingerprint density at radius 1 is 1.37 bits per heavy atom. The van der Waals surface area contributed by atoms with Gasteiger partial charge in [0.25, 0.3) is 5.91 Å². The van der Waals surface area contributed by atoms with Crippen molar-refractivity contribution in [2.45, 2.75) is 39.7 Å². The molecule has 1 aromatic rings. The van der Waals surface area contributed by atoms with Crippen LogP contribution in [0.25, 0.3) is 0 Å². The van der Waals surface area contributed by atoms with Gasteiger partial charge in [0.1, 0.15) is 0 Å². The van der Waals surface area contributed by atoms with Crippen molar-refractivity contribution < 1.29 is 14.3 Å². The Morgan fingerprint density at radius 2 is 2.11 bits per heavy atom. The van der Waals surface area contributed by atoms with Crippen molar-refractivity contribution in [1.82, 2.24) is 15.3 Å². The fourth-order valence-corrected chi connectivity index (χ4v) is 1.52. The van der Waals surface area contributed by atoms with E-state index < -0.39 is 5.97 Å². The molecule has 0 aliphatic rings. The van der Waals surface area contributed by atoms with Crippen molar-refractivity contribution in [1.29, 1.82) is 0 Å². The number of aryl methyl sites for hydroxylation is 1. The largest absolute Gasteiger partial charge is 0.451 e. The number of amides is 1. The summed E-state index contributed by atoms with van der Waals surface area (Å²) in [4.78, 5) is 30.9. The van der Waals surface area contributed by atoms with Gasteiger partial charge in [-0.15, -0.1) is 0 Å². The Bertz CT molecular complexity index is 431. The van der Waals surface area contributed by atoms with Gasteiger partial charge in [-0.2, -0.15) is 0 Å². The van der Waals surface area contributed by atoms with Crippen molar-refractivity contribution in [3.05, 3.63) is 23.8 Å². The molecule has 0 aliphatic heterocycles. The molecule has 6 nitrogen and oxygen atoms in total. The molecule has 0 radical (unpaired) electrons. The van der Waals surface area contributed by atoms with E-state index in [1.807, 2.05) is 13.8 Å². The number of carbonyl (C=O) groups excluding carboxylic acids is 2. The molecular weight excluding hydrogens is 246 g/mol. The van der Waals surface area contributed by atoms with Gasteiger partial charge in [-0.1, -0.05) is 13.3 Å². The van der Waals surface area contributed by atoms with E-state index in [2.05, 4.69) is 15.3 Å². The highest BCUT2D eigenvalue weighted by Crippen LogP contribution is 1.98. The van der Waals surface area contributed by atoms with Crippen LogP contribution in [0.2, 0.25) is 0 Å². The summed E-state index contributed by atoms with van der Waals surface area (Å²) >= 11 is 0. The van der Waals surface area contributed by atoms with Crippen LogP contribution in [0.5, 0.6) is 0 Å². The molecule has 1 heterocycles. The minimum Gasteiger partial charge on any atom is -0.451 e. The van der Waals surface area contributed by atoms with Gasteiger partial charge in [-0.25, -0.2) is 9.78 Å². The average Bonchev–Trinajstić information content (AvgIpc) is 2.37. The number of rotatable bonds is 6. The fourth-order valence-electron chi connectivity index (χ4n) is 1.52. The molecule has 0 aromatic carbocycles. The zero-order chi connectivity index (χ0) is 14.3. The molecule has 1 amide bonds. The van der Waals surface area contributed by atoms with E-state index in [0.717, 1.165) is 12.8 Å². The quantitative estimate of drug-likeness (QED) is 0.783. The fraction of sp³-hybridized carbons (Fsp3) is 0.538. The second-order valence-electron chi connectivity index (χ2n) is 4.38. The van der Waals surface area contributed by atoms with Crippen molar-refractivity contribution in [3.63, 3.8) is 0 Å². The molecule has 0 aliphatic carbocycles. The molecule has 0 saturated heterocycles. The summed E-state index contributed by atoms with van der Waals surface area (Å²) in [5.74, 6) is -0.958. The minimum absolute atomic E-state index is 0.0790. The van der Waals surface area contributed by atoms with E-state index in [1.54, 1.807) is 6.92 Å². The molecule has 1 atom stereocenters. The first-order valence-corrected chi connectivity index (χ1v) is 6.28. The van der Waals surface area contributed by atoms with E-state index in [-0.39, 0.29) is 24.2 Å². The second-order valence-corrected chi connectivity index (χ2v) is 4.38. The molecule has 0 fully saturated rings. The lowest BCUT2D eigenvalue weighted by molar-refractivity contribution is -0.124. The normalized spacial score (nSPS) is 11.7. The number of aromatic nitrogens is 2. The lowest BCUT2D eigenvalue weighted by atomic mass is 10.2. The smallest absolute Gasteiger partial charge is 0.359 e. The molecule has 104 valence electrons. The van der Waals surface area contributed by atoms with Gasteiger partial charge < -0.3 is 10.1 Å². The van der Waals surface area contributed by atoms with E-state index in [4.69, 9.17) is 4.74 Å². The molecule has 1 aromatic heterocycles. The first-order valence-electron chi connectivity index (χ1n) is 6.28. The Hall–Kier alpha value is -1.98. The van der Waals surface area contributed by atoms with E-state index in [0.29, 0.717) is 5.69 Å². The van der Waals surface area contributed by atoms with Crippen LogP contribution in [0.1, 0.15) is 42.9 Å². The average molecular weight is 265 g/mol. The third-order valence-electron chi connectivity index (χ3n) is 2.45. The zero-order valence-corrected chi connectivity index (χ0v) is 11.5. The SMILES string of the molecule is CCCC(C)NC(=O)COC(=O)c1cnc(C)cn1. The standard InChI is InChI=1S/C13H19N3O3/c1-4-5-9(2)16-12(17)8-19-13(18)11-7-14-10(3)6-15-11/h6-7,9H,4-5,8H2,1-3H3,(H,16,17). The molecule has 1 unspecified atom stereocenters. The second kappa shape index (κ2) is 7.45. The van der Waals surface area contributed by atoms with Crippen LogP contribution >= 0.6 is 0 Å². The number of carbonyl (C=O) groups is 2. The van der Waals surface area contributed by atoms with Crippen LogP contribution < -0.4 is 5.32 Å². The number of hydrogen-bond acceptors (Lipinski definition) is 5. The van der Waals surface area contributed by atoms with Crippen LogP contribution in [0.3, 0.4) is 0 Å². The number of nitrogens with one attached hydrogen (secondary N) is 1. The maximum absolute atomic E-state index is 11.6. The highest BCUT2D eigenvalue weighted by Gasteiger charge is 2.13. The van der Waals surface area contributed by atoms with Crippen LogP contribution in [-0.2, 0) is 9.53 Å². The van der Waals surface area contributed by atoms with Crippen LogP contribution in [0.4, 0.5) is 0 Å². The highest BCUT2D eigenvalue weighted by molar-refractivity contribution is 5.89. The first-order chi connectivity index (χ1) is 9.02. The molecule has 0 bridgehead atoms. The topological polar surface area (TPSA) is 81.2 Å². The van der Waals surface area contributed by atoms with Crippen LogP contribution in [0.15, 0.2) is 12.4 Å². The minimum atomic E-state index is -0.647. The summed E-state index contributed by atoms with van der Waals surface area (Å²) in [6.45, 7) is 5.42. The first kappa shape index (κ1) is 15.1. The molecule has 0 spiro atoms. The van der Waals surface area contributed by atoms with Crippen molar-refractivity contribution in [2.24, 2.45) is 0 Å². The van der Waals surface area contributed by atoms with Crippen LogP contribution in [-0.4, -0.2) is 34.5 Å². The van der Waals surface area contributed by atoms with Gasteiger partial charge in [0.05, 0.1) is 11.9 Å². The van der Waals surface area contributed by atoms with Gasteiger partial charge in [0.15, 0.2) is 12.3 Å². The van der Waals surface area contributed by atoms with Gasteiger partial charge in [-0.05, 0) is 20.3 Å². The van der Waals surface area contributed by atoms with Crippen molar-refractivity contribution in [3.8, 4) is 0 Å². The number of esters is 1. The maximum Gasteiger partial charge on any atom is 0.359 e. The summed E-state index contributed by atoms with van der Waals surface area (Å²) in [5.41, 5.74) is 0.808. The highest BCUT2D eigenvalue weighted by atomic mass is 16.5. The van der Waals surface area contributed by atoms with Crippen molar-refractivity contribution in [2.75, 3.05) is 6.61 Å². The predicted octanol–water partition coefficient (Wildman–Crippen LogP) is 1.25. The van der Waals surface area contributed by atoms with E-state index >= 15 is 0 Å². The van der Waals surface area contributed by atoms with Gasteiger partial charge >= 0.3 is 5.97 Å². The number of ether oxygens (including phenoxy) is 1. The Morgan fingerprint density at radius 3 is 2.68 bits per heavy atom. The third-order valence-corrected chi connectivity index (χ3v) is 2.45. The summed E-state index contributed by atoms with van der Waals surface area (Å²) in [6, 6.07) is 0.0790. The summed E-state index contributed by atoms with van der Waals surface area (Å²) in [5, 5.41) is 2.74. The molecule has 0 saturated carbocycles. The summed E-state index contributed by atoms with van der Waals surface area (Å²) < 4.78 is 4.86. The van der Waals surface area contributed by atoms with E-state index in [9.17, 15) is 9.59 Å². The Labute approximate surface area is 112 Å². The Balaban J connectivity index is 2.37.